The summed E-state index contributed by atoms with van der Waals surface area (Å²) < 4.78 is 5.75. The van der Waals surface area contributed by atoms with Gasteiger partial charge in [0.1, 0.15) is 11.4 Å². The van der Waals surface area contributed by atoms with Crippen molar-refractivity contribution < 1.29 is 14.3 Å². The normalized spacial score (nSPS) is 13.8. The molecule has 0 fully saturated rings. The van der Waals surface area contributed by atoms with Gasteiger partial charge in [0, 0.05) is 5.69 Å². The first-order valence-corrected chi connectivity index (χ1v) is 11.5. The number of nitrogens with one attached hydrogen (secondary N) is 1. The zero-order valence-electron chi connectivity index (χ0n) is 20.5. The molecule has 3 aromatic rings. The monoisotopic (exact) mass is 454 g/mol. The number of hydrogen-bond donors (Lipinski definition) is 1. The maximum absolute atomic E-state index is 13.7. The SMILES string of the molecule is Cc1ccc(C)c(NC2=C(c3ccc(OC(C)C)cc3)C(=O)N(c3ccc(C)c(C)c3)C2=O)c1. The Morgan fingerprint density at radius 3 is 2.09 bits per heavy atom. The zero-order chi connectivity index (χ0) is 24.6. The molecule has 4 rings (SSSR count). The van der Waals surface area contributed by atoms with E-state index in [1.807, 2.05) is 102 Å². The van der Waals surface area contributed by atoms with E-state index in [0.717, 1.165) is 27.9 Å². The Bertz CT molecular complexity index is 1300. The van der Waals surface area contributed by atoms with Crippen molar-refractivity contribution >= 4 is 28.8 Å². The fourth-order valence-corrected chi connectivity index (χ4v) is 3.99. The van der Waals surface area contributed by atoms with Crippen molar-refractivity contribution in [2.24, 2.45) is 0 Å². The zero-order valence-corrected chi connectivity index (χ0v) is 20.5. The van der Waals surface area contributed by atoms with Crippen molar-refractivity contribution in [2.45, 2.75) is 47.6 Å². The molecule has 0 bridgehead atoms. The highest BCUT2D eigenvalue weighted by Crippen LogP contribution is 2.35. The number of rotatable bonds is 6. The van der Waals surface area contributed by atoms with Crippen LogP contribution in [-0.2, 0) is 9.59 Å². The summed E-state index contributed by atoms with van der Waals surface area (Å²) in [7, 11) is 0. The molecular formula is C29H30N2O3. The molecule has 1 heterocycles. The second-order valence-electron chi connectivity index (χ2n) is 9.10. The molecule has 174 valence electrons. The van der Waals surface area contributed by atoms with Crippen molar-refractivity contribution in [3.63, 3.8) is 0 Å². The van der Waals surface area contributed by atoms with Crippen LogP contribution in [0.2, 0.25) is 0 Å². The fraction of sp³-hybridized carbons (Fsp3) is 0.241. The molecule has 0 radical (unpaired) electrons. The smallest absolute Gasteiger partial charge is 0.282 e. The van der Waals surface area contributed by atoms with E-state index in [4.69, 9.17) is 4.74 Å². The van der Waals surface area contributed by atoms with Gasteiger partial charge in [0.2, 0.25) is 0 Å². The van der Waals surface area contributed by atoms with E-state index in [2.05, 4.69) is 5.32 Å². The Balaban J connectivity index is 1.81. The molecular weight excluding hydrogens is 424 g/mol. The molecule has 0 atom stereocenters. The van der Waals surface area contributed by atoms with Crippen LogP contribution in [0, 0.1) is 27.7 Å². The summed E-state index contributed by atoms with van der Waals surface area (Å²) in [5, 5.41) is 3.29. The third kappa shape index (κ3) is 4.46. The van der Waals surface area contributed by atoms with E-state index in [0.29, 0.717) is 22.6 Å². The van der Waals surface area contributed by atoms with Gasteiger partial charge in [-0.05, 0) is 99.7 Å². The molecule has 0 aromatic heterocycles. The number of nitrogens with zero attached hydrogens (tertiary/aromatic N) is 1. The summed E-state index contributed by atoms with van der Waals surface area (Å²) in [5.74, 6) is -0.00331. The van der Waals surface area contributed by atoms with Gasteiger partial charge in [-0.25, -0.2) is 4.90 Å². The number of hydrogen-bond acceptors (Lipinski definition) is 4. The second kappa shape index (κ2) is 9.18. The van der Waals surface area contributed by atoms with E-state index >= 15 is 0 Å². The van der Waals surface area contributed by atoms with Gasteiger partial charge in [-0.3, -0.25) is 9.59 Å². The van der Waals surface area contributed by atoms with Crippen LogP contribution in [0.15, 0.2) is 66.4 Å². The first-order chi connectivity index (χ1) is 16.2. The molecule has 0 unspecified atom stereocenters. The minimum absolute atomic E-state index is 0.0431. The maximum atomic E-state index is 13.7. The lowest BCUT2D eigenvalue weighted by atomic mass is 10.0. The number of ether oxygens (including phenoxy) is 1. The molecule has 2 amide bonds. The summed E-state index contributed by atoms with van der Waals surface area (Å²) in [6.45, 7) is 11.9. The van der Waals surface area contributed by atoms with Gasteiger partial charge in [-0.2, -0.15) is 0 Å². The van der Waals surface area contributed by atoms with E-state index in [9.17, 15) is 9.59 Å². The van der Waals surface area contributed by atoms with Crippen molar-refractivity contribution in [1.82, 2.24) is 0 Å². The first kappa shape index (κ1) is 23.3. The molecule has 1 N–H and O–H groups in total. The van der Waals surface area contributed by atoms with Crippen molar-refractivity contribution in [2.75, 3.05) is 10.2 Å². The van der Waals surface area contributed by atoms with Crippen LogP contribution >= 0.6 is 0 Å². The predicted molar refractivity (Wildman–Crippen MR) is 137 cm³/mol. The molecule has 0 saturated carbocycles. The Labute approximate surface area is 201 Å². The minimum atomic E-state index is -0.369. The van der Waals surface area contributed by atoms with Crippen LogP contribution in [0.4, 0.5) is 11.4 Å². The lowest BCUT2D eigenvalue weighted by Gasteiger charge is -2.17. The van der Waals surface area contributed by atoms with Crippen molar-refractivity contribution in [3.05, 3.63) is 94.2 Å². The number of aryl methyl sites for hydroxylation is 4. The number of amides is 2. The standard InChI is InChI=1S/C29H30N2O3/c1-17(2)34-24-13-10-22(11-14-24)26-27(30-25-15-18(3)7-8-20(25)5)29(33)31(28(26)32)23-12-9-19(4)21(6)16-23/h7-17,30H,1-6H3. The highest BCUT2D eigenvalue weighted by atomic mass is 16.5. The van der Waals surface area contributed by atoms with E-state index < -0.39 is 0 Å². The Hall–Kier alpha value is -3.86. The van der Waals surface area contributed by atoms with E-state index in [1.54, 1.807) is 0 Å². The molecule has 5 heteroatoms. The number of anilines is 2. The molecule has 1 aliphatic heterocycles. The Morgan fingerprint density at radius 2 is 1.44 bits per heavy atom. The number of carbonyl (C=O) groups excluding carboxylic acids is 2. The minimum Gasteiger partial charge on any atom is -0.491 e. The second-order valence-corrected chi connectivity index (χ2v) is 9.10. The van der Waals surface area contributed by atoms with Crippen LogP contribution < -0.4 is 15.0 Å². The summed E-state index contributed by atoms with van der Waals surface area (Å²) in [6.07, 6.45) is 0.0431. The van der Waals surface area contributed by atoms with Crippen LogP contribution in [0.25, 0.3) is 5.57 Å². The highest BCUT2D eigenvalue weighted by molar-refractivity contribution is 6.46. The summed E-state index contributed by atoms with van der Waals surface area (Å²) >= 11 is 0. The topological polar surface area (TPSA) is 58.6 Å². The van der Waals surface area contributed by atoms with Crippen LogP contribution in [0.3, 0.4) is 0 Å². The van der Waals surface area contributed by atoms with Crippen LogP contribution in [0.5, 0.6) is 5.75 Å². The molecule has 0 spiro atoms. The third-order valence-electron chi connectivity index (χ3n) is 6.00. The number of carbonyl (C=O) groups is 2. The Morgan fingerprint density at radius 1 is 0.765 bits per heavy atom. The van der Waals surface area contributed by atoms with Gasteiger partial charge in [0.25, 0.3) is 11.8 Å². The van der Waals surface area contributed by atoms with Crippen molar-refractivity contribution in [3.8, 4) is 5.75 Å². The average molecular weight is 455 g/mol. The van der Waals surface area contributed by atoms with Gasteiger partial charge < -0.3 is 10.1 Å². The van der Waals surface area contributed by atoms with Gasteiger partial charge in [0.05, 0.1) is 17.4 Å². The summed E-state index contributed by atoms with van der Waals surface area (Å²) in [5.41, 5.74) is 6.82. The van der Waals surface area contributed by atoms with Gasteiger partial charge in [-0.15, -0.1) is 0 Å². The molecule has 34 heavy (non-hydrogen) atoms. The maximum Gasteiger partial charge on any atom is 0.282 e. The fourth-order valence-electron chi connectivity index (χ4n) is 3.99. The molecule has 0 saturated heterocycles. The van der Waals surface area contributed by atoms with E-state index in [1.165, 1.54) is 4.90 Å². The third-order valence-corrected chi connectivity index (χ3v) is 6.00. The molecule has 1 aliphatic rings. The highest BCUT2D eigenvalue weighted by Gasteiger charge is 2.40. The summed E-state index contributed by atoms with van der Waals surface area (Å²) in [4.78, 5) is 28.6. The quantitative estimate of drug-likeness (QED) is 0.457. The molecule has 5 nitrogen and oxygen atoms in total. The lowest BCUT2D eigenvalue weighted by molar-refractivity contribution is -0.120. The molecule has 3 aromatic carbocycles. The van der Waals surface area contributed by atoms with Crippen LogP contribution in [-0.4, -0.2) is 17.9 Å². The van der Waals surface area contributed by atoms with Crippen molar-refractivity contribution in [1.29, 1.82) is 0 Å². The van der Waals surface area contributed by atoms with Crippen LogP contribution in [0.1, 0.15) is 41.7 Å². The van der Waals surface area contributed by atoms with Gasteiger partial charge >= 0.3 is 0 Å². The van der Waals surface area contributed by atoms with Gasteiger partial charge in [0.15, 0.2) is 0 Å². The Kier molecular flexibility index (Phi) is 6.29. The first-order valence-electron chi connectivity index (χ1n) is 11.5. The van der Waals surface area contributed by atoms with Gasteiger partial charge in [-0.1, -0.05) is 30.3 Å². The predicted octanol–water partition coefficient (Wildman–Crippen LogP) is 6.10. The number of benzene rings is 3. The number of imide groups is 1. The lowest BCUT2D eigenvalue weighted by Crippen LogP contribution is -2.32. The van der Waals surface area contributed by atoms with E-state index in [-0.39, 0.29) is 23.6 Å². The average Bonchev–Trinajstić information content (AvgIpc) is 3.02. The molecule has 0 aliphatic carbocycles. The summed E-state index contributed by atoms with van der Waals surface area (Å²) in [6, 6.07) is 18.9. The largest absolute Gasteiger partial charge is 0.491 e.